The molecule has 0 aliphatic carbocycles. The minimum absolute atomic E-state index is 0.0180. The Kier molecular flexibility index (Phi) is 5.06. The van der Waals surface area contributed by atoms with Crippen LogP contribution in [0.3, 0.4) is 0 Å². The Balaban J connectivity index is 3.22. The summed E-state index contributed by atoms with van der Waals surface area (Å²) in [5.74, 6) is -4.66. The Morgan fingerprint density at radius 1 is 1.33 bits per heavy atom. The SMILES string of the molecule is CCC(C)(C)CNS(=O)(=O)c1cc(C(=O)O)cc(F)c1F. The van der Waals surface area contributed by atoms with Crippen LogP contribution in [0.5, 0.6) is 0 Å². The lowest BCUT2D eigenvalue weighted by Gasteiger charge is -2.22. The molecule has 0 spiro atoms. The van der Waals surface area contributed by atoms with Crippen LogP contribution in [0.4, 0.5) is 8.78 Å². The van der Waals surface area contributed by atoms with Gasteiger partial charge in [-0.05, 0) is 24.0 Å². The third kappa shape index (κ3) is 4.21. The van der Waals surface area contributed by atoms with Crippen molar-refractivity contribution in [3.8, 4) is 0 Å². The van der Waals surface area contributed by atoms with Gasteiger partial charge in [-0.3, -0.25) is 0 Å². The number of carboxylic acids is 1. The fourth-order valence-corrected chi connectivity index (χ4v) is 2.73. The zero-order valence-corrected chi connectivity index (χ0v) is 12.7. The second-order valence-corrected chi connectivity index (χ2v) is 7.15. The number of carbonyl (C=O) groups is 1. The molecule has 1 aromatic rings. The molecule has 0 saturated carbocycles. The van der Waals surface area contributed by atoms with Gasteiger partial charge in [-0.2, -0.15) is 0 Å². The zero-order chi connectivity index (χ0) is 16.4. The van der Waals surface area contributed by atoms with Crippen LogP contribution < -0.4 is 4.72 Å². The standard InChI is InChI=1S/C13H17F2NO4S/c1-4-13(2,3)7-16-21(19,20)10-6-8(12(17)18)5-9(14)11(10)15/h5-6,16H,4,7H2,1-3H3,(H,17,18). The van der Waals surface area contributed by atoms with E-state index in [0.717, 1.165) is 0 Å². The van der Waals surface area contributed by atoms with Gasteiger partial charge in [-0.25, -0.2) is 26.7 Å². The molecule has 5 nitrogen and oxygen atoms in total. The predicted octanol–water partition coefficient (Wildman–Crippen LogP) is 2.38. The molecule has 0 amide bonds. The predicted molar refractivity (Wildman–Crippen MR) is 72.6 cm³/mol. The van der Waals surface area contributed by atoms with E-state index in [-0.39, 0.29) is 12.0 Å². The molecule has 0 aliphatic rings. The molecule has 0 fully saturated rings. The summed E-state index contributed by atoms with van der Waals surface area (Å²) in [5.41, 5.74) is -1.00. The second-order valence-electron chi connectivity index (χ2n) is 5.42. The molecule has 0 heterocycles. The maximum absolute atomic E-state index is 13.7. The first-order valence-corrected chi connectivity index (χ1v) is 7.70. The van der Waals surface area contributed by atoms with Gasteiger partial charge in [0.25, 0.3) is 0 Å². The number of nitrogens with one attached hydrogen (secondary N) is 1. The lowest BCUT2D eigenvalue weighted by atomic mass is 9.91. The van der Waals surface area contributed by atoms with Crippen LogP contribution in [-0.2, 0) is 10.0 Å². The Labute approximate surface area is 122 Å². The topological polar surface area (TPSA) is 83.5 Å². The van der Waals surface area contributed by atoms with Crippen molar-refractivity contribution >= 4 is 16.0 Å². The molecule has 0 radical (unpaired) electrons. The monoisotopic (exact) mass is 321 g/mol. The number of sulfonamides is 1. The number of benzene rings is 1. The molecule has 0 saturated heterocycles. The van der Waals surface area contributed by atoms with Crippen LogP contribution in [0.15, 0.2) is 17.0 Å². The first kappa shape index (κ1) is 17.5. The molecule has 118 valence electrons. The van der Waals surface area contributed by atoms with Gasteiger partial charge >= 0.3 is 5.97 Å². The summed E-state index contributed by atoms with van der Waals surface area (Å²) in [7, 11) is -4.34. The quantitative estimate of drug-likeness (QED) is 0.842. The van der Waals surface area contributed by atoms with Crippen molar-refractivity contribution < 1.29 is 27.1 Å². The van der Waals surface area contributed by atoms with E-state index in [9.17, 15) is 22.0 Å². The van der Waals surface area contributed by atoms with E-state index in [1.54, 1.807) is 13.8 Å². The van der Waals surface area contributed by atoms with E-state index >= 15 is 0 Å². The van der Waals surface area contributed by atoms with Crippen LogP contribution in [0.2, 0.25) is 0 Å². The fourth-order valence-electron chi connectivity index (χ4n) is 1.38. The molecule has 2 N–H and O–H groups in total. The van der Waals surface area contributed by atoms with E-state index in [1.807, 2.05) is 6.92 Å². The molecule has 0 aliphatic heterocycles. The molecule has 21 heavy (non-hydrogen) atoms. The maximum Gasteiger partial charge on any atom is 0.335 e. The molecule has 0 bridgehead atoms. The third-order valence-electron chi connectivity index (χ3n) is 3.23. The highest BCUT2D eigenvalue weighted by molar-refractivity contribution is 7.89. The average Bonchev–Trinajstić information content (AvgIpc) is 2.39. The lowest BCUT2D eigenvalue weighted by Crippen LogP contribution is -2.34. The summed E-state index contributed by atoms with van der Waals surface area (Å²) in [4.78, 5) is 9.80. The summed E-state index contributed by atoms with van der Waals surface area (Å²) in [5, 5.41) is 8.78. The molecule has 0 aromatic heterocycles. The van der Waals surface area contributed by atoms with Gasteiger partial charge in [0.05, 0.1) is 5.56 Å². The Hall–Kier alpha value is -1.54. The van der Waals surface area contributed by atoms with Crippen molar-refractivity contribution in [1.29, 1.82) is 0 Å². The average molecular weight is 321 g/mol. The van der Waals surface area contributed by atoms with Gasteiger partial charge in [0.15, 0.2) is 11.6 Å². The van der Waals surface area contributed by atoms with Crippen LogP contribution in [0.25, 0.3) is 0 Å². The number of hydrogen-bond acceptors (Lipinski definition) is 3. The number of carboxylic acid groups (broad SMARTS) is 1. The Morgan fingerprint density at radius 2 is 1.90 bits per heavy atom. The smallest absolute Gasteiger partial charge is 0.335 e. The summed E-state index contributed by atoms with van der Waals surface area (Å²) in [6.45, 7) is 5.49. The molecular formula is C13H17F2NO4S. The molecule has 8 heteroatoms. The summed E-state index contributed by atoms with van der Waals surface area (Å²) in [6, 6.07) is 1.04. The van der Waals surface area contributed by atoms with Crippen molar-refractivity contribution in [2.24, 2.45) is 5.41 Å². The number of rotatable bonds is 6. The van der Waals surface area contributed by atoms with Crippen molar-refractivity contribution in [1.82, 2.24) is 4.72 Å². The van der Waals surface area contributed by atoms with Crippen LogP contribution in [0, 0.1) is 17.0 Å². The number of aromatic carboxylic acids is 1. The summed E-state index contributed by atoms with van der Waals surface area (Å²) >= 11 is 0. The van der Waals surface area contributed by atoms with Gasteiger partial charge in [0.1, 0.15) is 4.90 Å². The van der Waals surface area contributed by atoms with E-state index in [4.69, 9.17) is 5.11 Å². The minimum atomic E-state index is -4.34. The fraction of sp³-hybridized carbons (Fsp3) is 0.462. The van der Waals surface area contributed by atoms with E-state index in [0.29, 0.717) is 18.6 Å². The maximum atomic E-state index is 13.7. The first-order chi connectivity index (χ1) is 9.50. The summed E-state index contributed by atoms with van der Waals surface area (Å²) < 4.78 is 53.2. The number of hydrogen-bond donors (Lipinski definition) is 2. The molecule has 0 atom stereocenters. The zero-order valence-electron chi connectivity index (χ0n) is 11.9. The normalized spacial score (nSPS) is 12.4. The van der Waals surface area contributed by atoms with E-state index in [1.165, 1.54) is 0 Å². The van der Waals surface area contributed by atoms with Gasteiger partial charge in [0, 0.05) is 6.54 Å². The van der Waals surface area contributed by atoms with Crippen molar-refractivity contribution in [2.45, 2.75) is 32.1 Å². The number of halogens is 2. The lowest BCUT2D eigenvalue weighted by molar-refractivity contribution is 0.0696. The highest BCUT2D eigenvalue weighted by Crippen LogP contribution is 2.22. The van der Waals surface area contributed by atoms with Gasteiger partial charge < -0.3 is 5.11 Å². The second kappa shape index (κ2) is 6.07. The van der Waals surface area contributed by atoms with E-state index < -0.39 is 38.1 Å². The minimum Gasteiger partial charge on any atom is -0.478 e. The molecule has 1 aromatic carbocycles. The van der Waals surface area contributed by atoms with Crippen molar-refractivity contribution in [3.05, 3.63) is 29.3 Å². The van der Waals surface area contributed by atoms with Crippen LogP contribution >= 0.6 is 0 Å². The molecular weight excluding hydrogens is 304 g/mol. The van der Waals surface area contributed by atoms with Gasteiger partial charge in [-0.15, -0.1) is 0 Å². The third-order valence-corrected chi connectivity index (χ3v) is 4.63. The largest absolute Gasteiger partial charge is 0.478 e. The Bertz CT molecular complexity index is 656. The van der Waals surface area contributed by atoms with Gasteiger partial charge in [-0.1, -0.05) is 20.8 Å². The van der Waals surface area contributed by atoms with Crippen molar-refractivity contribution in [3.63, 3.8) is 0 Å². The van der Waals surface area contributed by atoms with Gasteiger partial charge in [0.2, 0.25) is 10.0 Å². The Morgan fingerprint density at radius 3 is 2.38 bits per heavy atom. The highest BCUT2D eigenvalue weighted by Gasteiger charge is 2.26. The molecule has 1 rings (SSSR count). The first-order valence-electron chi connectivity index (χ1n) is 6.22. The highest BCUT2D eigenvalue weighted by atomic mass is 32.2. The van der Waals surface area contributed by atoms with Crippen LogP contribution in [0.1, 0.15) is 37.6 Å². The van der Waals surface area contributed by atoms with Crippen molar-refractivity contribution in [2.75, 3.05) is 6.54 Å². The van der Waals surface area contributed by atoms with E-state index in [2.05, 4.69) is 4.72 Å². The summed E-state index contributed by atoms with van der Waals surface area (Å²) in [6.07, 6.45) is 0.668. The molecule has 0 unspecified atom stereocenters. The van der Waals surface area contributed by atoms with Crippen LogP contribution in [-0.4, -0.2) is 26.0 Å².